The molecule has 0 aliphatic carbocycles. The van der Waals surface area contributed by atoms with Crippen molar-refractivity contribution in [2.45, 2.75) is 25.2 Å². The minimum absolute atomic E-state index is 0.123. The van der Waals surface area contributed by atoms with Crippen molar-refractivity contribution in [1.29, 1.82) is 0 Å². The Labute approximate surface area is 119 Å². The van der Waals surface area contributed by atoms with Crippen LogP contribution in [0.1, 0.15) is 20.3 Å². The van der Waals surface area contributed by atoms with Crippen LogP contribution in [0.5, 0.6) is 5.75 Å². The predicted molar refractivity (Wildman–Crippen MR) is 74.4 cm³/mol. The molecule has 0 saturated heterocycles. The van der Waals surface area contributed by atoms with Gasteiger partial charge >= 0.3 is 6.09 Å². The molecule has 1 aromatic rings. The second kappa shape index (κ2) is 7.74. The Morgan fingerprint density at radius 2 is 1.85 bits per heavy atom. The fourth-order valence-electron chi connectivity index (χ4n) is 1.38. The first-order valence-electron chi connectivity index (χ1n) is 6.35. The van der Waals surface area contributed by atoms with E-state index in [1.165, 1.54) is 12.1 Å². The lowest BCUT2D eigenvalue weighted by molar-refractivity contribution is 0.154. The van der Waals surface area contributed by atoms with Crippen LogP contribution in [0.15, 0.2) is 29.2 Å². The maximum atomic E-state index is 12.0. The van der Waals surface area contributed by atoms with Gasteiger partial charge in [0.15, 0.2) is 9.84 Å². The Kier molecular flexibility index (Phi) is 6.30. The summed E-state index contributed by atoms with van der Waals surface area (Å²) in [6.45, 7) is 4.40. The molecular formula is C13H19NO5S. The zero-order valence-corrected chi connectivity index (χ0v) is 12.4. The van der Waals surface area contributed by atoms with E-state index in [1.54, 1.807) is 19.1 Å². The van der Waals surface area contributed by atoms with Gasteiger partial charge in [0, 0.05) is 0 Å². The molecule has 0 unspecified atom stereocenters. The maximum absolute atomic E-state index is 12.0. The van der Waals surface area contributed by atoms with Crippen molar-refractivity contribution in [1.82, 2.24) is 5.32 Å². The van der Waals surface area contributed by atoms with E-state index in [0.717, 1.165) is 6.42 Å². The summed E-state index contributed by atoms with van der Waals surface area (Å²) in [5.74, 6) is 0.116. The van der Waals surface area contributed by atoms with Gasteiger partial charge in [0.1, 0.15) is 11.6 Å². The largest absolute Gasteiger partial charge is 0.494 e. The van der Waals surface area contributed by atoms with Crippen LogP contribution >= 0.6 is 0 Å². The summed E-state index contributed by atoms with van der Waals surface area (Å²) in [6.07, 6.45) is 0.128. The van der Waals surface area contributed by atoms with Crippen LogP contribution in [-0.2, 0) is 14.6 Å². The third kappa shape index (κ3) is 5.08. The van der Waals surface area contributed by atoms with E-state index < -0.39 is 21.8 Å². The van der Waals surface area contributed by atoms with Crippen molar-refractivity contribution in [3.8, 4) is 5.75 Å². The Morgan fingerprint density at radius 1 is 1.20 bits per heavy atom. The van der Waals surface area contributed by atoms with Crippen LogP contribution in [0, 0.1) is 0 Å². The van der Waals surface area contributed by atoms with Crippen LogP contribution in [0.4, 0.5) is 4.79 Å². The van der Waals surface area contributed by atoms with E-state index in [0.29, 0.717) is 12.4 Å². The van der Waals surface area contributed by atoms with E-state index in [-0.39, 0.29) is 11.5 Å². The molecule has 0 spiro atoms. The quantitative estimate of drug-likeness (QED) is 0.832. The van der Waals surface area contributed by atoms with Gasteiger partial charge in [0.2, 0.25) is 0 Å². The molecule has 1 N–H and O–H groups in total. The Bertz CT molecular complexity index is 524. The summed E-state index contributed by atoms with van der Waals surface area (Å²) in [4.78, 5) is 11.2. The fraction of sp³-hybridized carbons (Fsp3) is 0.462. The highest BCUT2D eigenvalue weighted by atomic mass is 32.2. The lowest BCUT2D eigenvalue weighted by Crippen LogP contribution is -2.30. The van der Waals surface area contributed by atoms with Gasteiger partial charge in [0.05, 0.1) is 18.1 Å². The summed E-state index contributed by atoms with van der Waals surface area (Å²) in [5.41, 5.74) is 0. The second-order valence-corrected chi connectivity index (χ2v) is 5.97. The minimum Gasteiger partial charge on any atom is -0.494 e. The molecule has 112 valence electrons. The number of hydrogen-bond acceptors (Lipinski definition) is 5. The number of nitrogens with one attached hydrogen (secondary N) is 1. The highest BCUT2D eigenvalue weighted by molar-refractivity contribution is 7.91. The van der Waals surface area contributed by atoms with Gasteiger partial charge in [0.25, 0.3) is 0 Å². The number of hydrogen-bond donors (Lipinski definition) is 1. The molecule has 1 aromatic carbocycles. The first-order chi connectivity index (χ1) is 9.49. The van der Waals surface area contributed by atoms with E-state index in [4.69, 9.17) is 4.74 Å². The third-order valence-corrected chi connectivity index (χ3v) is 3.85. The number of alkyl carbamates (subject to hydrolysis) is 1. The SMILES string of the molecule is CCCOc1ccc(S(=O)(=O)CNC(=O)OCC)cc1. The average Bonchev–Trinajstić information content (AvgIpc) is 2.44. The van der Waals surface area contributed by atoms with E-state index in [9.17, 15) is 13.2 Å². The first-order valence-corrected chi connectivity index (χ1v) is 8.01. The van der Waals surface area contributed by atoms with Gasteiger partial charge in [-0.2, -0.15) is 0 Å². The predicted octanol–water partition coefficient (Wildman–Crippen LogP) is 1.95. The van der Waals surface area contributed by atoms with Gasteiger partial charge in [-0.1, -0.05) is 6.92 Å². The number of ether oxygens (including phenoxy) is 2. The molecule has 0 aliphatic rings. The van der Waals surface area contributed by atoms with Crippen molar-refractivity contribution < 1.29 is 22.7 Å². The lowest BCUT2D eigenvalue weighted by Gasteiger charge is -2.08. The molecule has 0 bridgehead atoms. The van der Waals surface area contributed by atoms with Gasteiger partial charge in [-0.25, -0.2) is 13.2 Å². The normalized spacial score (nSPS) is 10.9. The van der Waals surface area contributed by atoms with Crippen LogP contribution in [0.25, 0.3) is 0 Å². The number of carbonyl (C=O) groups excluding carboxylic acids is 1. The van der Waals surface area contributed by atoms with Crippen LogP contribution < -0.4 is 10.1 Å². The Morgan fingerprint density at radius 3 is 2.40 bits per heavy atom. The number of benzene rings is 1. The number of carbonyl (C=O) groups is 1. The third-order valence-electron chi connectivity index (χ3n) is 2.34. The van der Waals surface area contributed by atoms with E-state index in [1.807, 2.05) is 6.92 Å². The number of rotatable bonds is 7. The highest BCUT2D eigenvalue weighted by Gasteiger charge is 2.16. The first kappa shape index (κ1) is 16.3. The maximum Gasteiger partial charge on any atom is 0.407 e. The molecule has 1 rings (SSSR count). The Balaban J connectivity index is 2.65. The molecular weight excluding hydrogens is 282 g/mol. The molecule has 7 heteroatoms. The highest BCUT2D eigenvalue weighted by Crippen LogP contribution is 2.16. The summed E-state index contributed by atoms with van der Waals surface area (Å²) in [6, 6.07) is 6.08. The van der Waals surface area contributed by atoms with Gasteiger partial charge < -0.3 is 14.8 Å². The minimum atomic E-state index is -3.58. The summed E-state index contributed by atoms with van der Waals surface area (Å²) >= 11 is 0. The molecule has 0 fully saturated rings. The fourth-order valence-corrected chi connectivity index (χ4v) is 2.41. The van der Waals surface area contributed by atoms with Crippen LogP contribution in [0.2, 0.25) is 0 Å². The second-order valence-electron chi connectivity index (χ2n) is 3.98. The molecule has 0 radical (unpaired) electrons. The number of sulfone groups is 1. The van der Waals surface area contributed by atoms with Crippen molar-refractivity contribution in [2.75, 3.05) is 19.1 Å². The van der Waals surface area contributed by atoms with Crippen LogP contribution in [0.3, 0.4) is 0 Å². The number of amides is 1. The zero-order chi connectivity index (χ0) is 15.0. The Hall–Kier alpha value is -1.76. The van der Waals surface area contributed by atoms with Crippen molar-refractivity contribution in [2.24, 2.45) is 0 Å². The molecule has 20 heavy (non-hydrogen) atoms. The van der Waals surface area contributed by atoms with Gasteiger partial charge in [-0.3, -0.25) is 0 Å². The molecule has 0 atom stereocenters. The summed E-state index contributed by atoms with van der Waals surface area (Å²) in [5, 5.41) is 2.19. The molecule has 0 aromatic heterocycles. The smallest absolute Gasteiger partial charge is 0.407 e. The molecule has 1 amide bonds. The molecule has 0 aliphatic heterocycles. The van der Waals surface area contributed by atoms with E-state index >= 15 is 0 Å². The molecule has 0 saturated carbocycles. The molecule has 6 nitrogen and oxygen atoms in total. The van der Waals surface area contributed by atoms with Gasteiger partial charge in [-0.15, -0.1) is 0 Å². The standard InChI is InChI=1S/C13H19NO5S/c1-3-9-19-11-5-7-12(8-6-11)20(16,17)10-14-13(15)18-4-2/h5-8H,3-4,9-10H2,1-2H3,(H,14,15). The molecule has 0 heterocycles. The monoisotopic (exact) mass is 301 g/mol. The topological polar surface area (TPSA) is 81.7 Å². The van der Waals surface area contributed by atoms with Crippen molar-refractivity contribution >= 4 is 15.9 Å². The lowest BCUT2D eigenvalue weighted by atomic mass is 10.3. The summed E-state index contributed by atoms with van der Waals surface area (Å²) < 4.78 is 33.9. The van der Waals surface area contributed by atoms with Crippen molar-refractivity contribution in [3.63, 3.8) is 0 Å². The van der Waals surface area contributed by atoms with E-state index in [2.05, 4.69) is 10.1 Å². The van der Waals surface area contributed by atoms with Crippen molar-refractivity contribution in [3.05, 3.63) is 24.3 Å². The van der Waals surface area contributed by atoms with Crippen LogP contribution in [-0.4, -0.2) is 33.6 Å². The zero-order valence-electron chi connectivity index (χ0n) is 11.6. The average molecular weight is 301 g/mol. The van der Waals surface area contributed by atoms with Gasteiger partial charge in [-0.05, 0) is 37.6 Å². The summed E-state index contributed by atoms with van der Waals surface area (Å²) in [7, 11) is -3.58.